The third-order valence-electron chi connectivity index (χ3n) is 5.65. The number of hydrogen-bond donors (Lipinski definition) is 0. The number of thiazole rings is 1. The van der Waals surface area contributed by atoms with Crippen molar-refractivity contribution in [3.63, 3.8) is 0 Å². The van der Waals surface area contributed by atoms with Gasteiger partial charge in [0.25, 0.3) is 0 Å². The second-order valence-electron chi connectivity index (χ2n) is 7.42. The van der Waals surface area contributed by atoms with Crippen LogP contribution in [0.25, 0.3) is 37.9 Å². The van der Waals surface area contributed by atoms with Crippen molar-refractivity contribution in [3.05, 3.63) is 77.9 Å². The predicted octanol–water partition coefficient (Wildman–Crippen LogP) is 5.38. The summed E-state index contributed by atoms with van der Waals surface area (Å²) in [6.45, 7) is 0. The molecule has 0 aliphatic heterocycles. The van der Waals surface area contributed by atoms with E-state index in [1.54, 1.807) is 18.9 Å². The molecule has 5 aromatic rings. The molecule has 0 unspecified atom stereocenters. The SMILES string of the molecule is COc1cccc(-c2nn(-c3nc4ccc(OC)cc4s3)c3c2C(=O)c2ccccc2-3)c1. The van der Waals surface area contributed by atoms with Gasteiger partial charge in [0.1, 0.15) is 17.2 Å². The monoisotopic (exact) mass is 439 g/mol. The molecule has 0 bridgehead atoms. The zero-order valence-electron chi connectivity index (χ0n) is 17.3. The van der Waals surface area contributed by atoms with Crippen LogP contribution in [0.1, 0.15) is 15.9 Å². The smallest absolute Gasteiger partial charge is 0.212 e. The van der Waals surface area contributed by atoms with Gasteiger partial charge in [0, 0.05) is 16.7 Å². The van der Waals surface area contributed by atoms with Gasteiger partial charge in [-0.1, -0.05) is 47.7 Å². The molecule has 1 aliphatic carbocycles. The van der Waals surface area contributed by atoms with E-state index in [1.165, 1.54) is 11.3 Å². The number of methoxy groups -OCH3 is 2. The Hall–Kier alpha value is -3.97. The maximum absolute atomic E-state index is 13.4. The van der Waals surface area contributed by atoms with Crippen molar-refractivity contribution in [3.8, 4) is 39.1 Å². The third-order valence-corrected chi connectivity index (χ3v) is 6.64. The first-order chi connectivity index (χ1) is 15.7. The lowest BCUT2D eigenvalue weighted by atomic mass is 10.0. The molecular weight excluding hydrogens is 422 g/mol. The molecule has 3 aromatic carbocycles. The zero-order chi connectivity index (χ0) is 21.8. The van der Waals surface area contributed by atoms with Crippen molar-refractivity contribution in [2.24, 2.45) is 0 Å². The standard InChI is InChI=1S/C25H17N3O3S/c1-30-15-7-5-6-14(12-15)22-21-23(17-8-3-4-9-18(17)24(21)29)28(27-22)25-26-19-11-10-16(31-2)13-20(19)32-25/h3-13H,1-2H3. The van der Waals surface area contributed by atoms with Crippen LogP contribution < -0.4 is 9.47 Å². The molecule has 6 nitrogen and oxygen atoms in total. The molecule has 0 fully saturated rings. The van der Waals surface area contributed by atoms with Crippen LogP contribution in [0.5, 0.6) is 11.5 Å². The molecule has 1 aliphatic rings. The molecular formula is C25H17N3O3S. The molecule has 0 atom stereocenters. The first kappa shape index (κ1) is 18.8. The summed E-state index contributed by atoms with van der Waals surface area (Å²) in [6.07, 6.45) is 0. The molecule has 2 heterocycles. The van der Waals surface area contributed by atoms with Crippen molar-refractivity contribution in [1.82, 2.24) is 14.8 Å². The fourth-order valence-corrected chi connectivity index (χ4v) is 5.08. The Morgan fingerprint density at radius 3 is 2.47 bits per heavy atom. The number of nitrogens with zero attached hydrogens (tertiary/aromatic N) is 3. The van der Waals surface area contributed by atoms with E-state index in [0.29, 0.717) is 27.7 Å². The van der Waals surface area contributed by atoms with E-state index in [1.807, 2.05) is 66.7 Å². The number of hydrogen-bond acceptors (Lipinski definition) is 6. The number of carbonyl (C=O) groups excluding carboxylic acids is 1. The van der Waals surface area contributed by atoms with Gasteiger partial charge in [-0.25, -0.2) is 9.67 Å². The second-order valence-corrected chi connectivity index (χ2v) is 8.43. The minimum Gasteiger partial charge on any atom is -0.497 e. The van der Waals surface area contributed by atoms with Crippen molar-refractivity contribution in [1.29, 1.82) is 0 Å². The molecule has 0 saturated carbocycles. The third kappa shape index (κ3) is 2.68. The van der Waals surface area contributed by atoms with Crippen LogP contribution in [0, 0.1) is 0 Å². The van der Waals surface area contributed by atoms with Crippen molar-refractivity contribution >= 4 is 27.3 Å². The molecule has 0 amide bonds. The molecule has 0 radical (unpaired) electrons. The minimum atomic E-state index is -0.0255. The van der Waals surface area contributed by atoms with E-state index in [0.717, 1.165) is 32.8 Å². The molecule has 0 saturated heterocycles. The van der Waals surface area contributed by atoms with Crippen LogP contribution in [0.2, 0.25) is 0 Å². The average Bonchev–Trinajstić information content (AvgIpc) is 3.51. The van der Waals surface area contributed by atoms with Crippen LogP contribution >= 0.6 is 11.3 Å². The van der Waals surface area contributed by atoms with Gasteiger partial charge < -0.3 is 9.47 Å². The van der Waals surface area contributed by atoms with Crippen LogP contribution in [-0.4, -0.2) is 34.8 Å². The first-order valence-electron chi connectivity index (χ1n) is 10.0. The summed E-state index contributed by atoms with van der Waals surface area (Å²) in [5.74, 6) is 1.46. The van der Waals surface area contributed by atoms with Crippen molar-refractivity contribution in [2.75, 3.05) is 14.2 Å². The Morgan fingerprint density at radius 2 is 1.66 bits per heavy atom. The molecule has 156 valence electrons. The second kappa shape index (κ2) is 7.03. The molecule has 0 N–H and O–H groups in total. The highest BCUT2D eigenvalue weighted by Gasteiger charge is 2.36. The predicted molar refractivity (Wildman–Crippen MR) is 124 cm³/mol. The van der Waals surface area contributed by atoms with Crippen LogP contribution in [0.3, 0.4) is 0 Å². The molecule has 0 spiro atoms. The fourth-order valence-electron chi connectivity index (χ4n) is 4.13. The lowest BCUT2D eigenvalue weighted by Gasteiger charge is -2.04. The Bertz CT molecular complexity index is 1530. The lowest BCUT2D eigenvalue weighted by molar-refractivity contribution is 0.104. The van der Waals surface area contributed by atoms with Gasteiger partial charge in [0.15, 0.2) is 5.78 Å². The minimum absolute atomic E-state index is 0.0255. The Labute approximate surface area is 187 Å². The van der Waals surface area contributed by atoms with Crippen LogP contribution in [0.15, 0.2) is 66.7 Å². The van der Waals surface area contributed by atoms with Gasteiger partial charge in [0.2, 0.25) is 5.13 Å². The van der Waals surface area contributed by atoms with E-state index in [2.05, 4.69) is 0 Å². The number of ether oxygens (including phenoxy) is 2. The summed E-state index contributed by atoms with van der Waals surface area (Å²) < 4.78 is 13.5. The van der Waals surface area contributed by atoms with E-state index < -0.39 is 0 Å². The number of rotatable bonds is 4. The summed E-state index contributed by atoms with van der Waals surface area (Å²) in [6, 6.07) is 21.0. The number of benzene rings is 3. The first-order valence-corrected chi connectivity index (χ1v) is 10.9. The Morgan fingerprint density at radius 1 is 0.875 bits per heavy atom. The summed E-state index contributed by atoms with van der Waals surface area (Å²) >= 11 is 1.51. The highest BCUT2D eigenvalue weighted by atomic mass is 32.1. The highest BCUT2D eigenvalue weighted by Crippen LogP contribution is 2.44. The van der Waals surface area contributed by atoms with Crippen molar-refractivity contribution in [2.45, 2.75) is 0 Å². The largest absolute Gasteiger partial charge is 0.497 e. The van der Waals surface area contributed by atoms with E-state index in [-0.39, 0.29) is 5.78 Å². The fraction of sp³-hybridized carbons (Fsp3) is 0.0800. The number of ketones is 1. The molecule has 2 aromatic heterocycles. The van der Waals surface area contributed by atoms with Crippen LogP contribution in [0.4, 0.5) is 0 Å². The molecule has 7 heteroatoms. The Kier molecular flexibility index (Phi) is 4.13. The Balaban J connectivity index is 1.63. The quantitative estimate of drug-likeness (QED) is 0.369. The van der Waals surface area contributed by atoms with E-state index in [9.17, 15) is 4.79 Å². The maximum atomic E-state index is 13.4. The number of fused-ring (bicyclic) bond motifs is 4. The molecule has 32 heavy (non-hydrogen) atoms. The van der Waals surface area contributed by atoms with E-state index >= 15 is 0 Å². The van der Waals surface area contributed by atoms with Crippen molar-refractivity contribution < 1.29 is 14.3 Å². The normalized spacial score (nSPS) is 12.1. The van der Waals surface area contributed by atoms with Gasteiger partial charge in [-0.2, -0.15) is 5.10 Å². The summed E-state index contributed by atoms with van der Waals surface area (Å²) in [5, 5.41) is 5.59. The summed E-state index contributed by atoms with van der Waals surface area (Å²) in [7, 11) is 3.27. The zero-order valence-corrected chi connectivity index (χ0v) is 18.1. The highest BCUT2D eigenvalue weighted by molar-refractivity contribution is 7.20. The lowest BCUT2D eigenvalue weighted by Crippen LogP contribution is -2.00. The van der Waals surface area contributed by atoms with Crippen LogP contribution in [-0.2, 0) is 0 Å². The van der Waals surface area contributed by atoms with E-state index in [4.69, 9.17) is 19.6 Å². The van der Waals surface area contributed by atoms with Gasteiger partial charge in [-0.05, 0) is 30.3 Å². The number of carbonyl (C=O) groups is 1. The van der Waals surface area contributed by atoms with Gasteiger partial charge in [-0.3, -0.25) is 4.79 Å². The summed E-state index contributed by atoms with van der Waals surface area (Å²) in [5.41, 5.74) is 5.22. The van der Waals surface area contributed by atoms with Gasteiger partial charge >= 0.3 is 0 Å². The summed E-state index contributed by atoms with van der Waals surface area (Å²) in [4.78, 5) is 18.2. The topological polar surface area (TPSA) is 66.2 Å². The maximum Gasteiger partial charge on any atom is 0.212 e. The average molecular weight is 439 g/mol. The van der Waals surface area contributed by atoms with Gasteiger partial charge in [-0.15, -0.1) is 0 Å². The van der Waals surface area contributed by atoms with Gasteiger partial charge in [0.05, 0.1) is 35.7 Å². The number of aromatic nitrogens is 3. The molecule has 6 rings (SSSR count).